The van der Waals surface area contributed by atoms with Crippen LogP contribution in [-0.2, 0) is 4.74 Å². The van der Waals surface area contributed by atoms with Crippen LogP contribution in [0.15, 0.2) is 18.2 Å². The van der Waals surface area contributed by atoms with Crippen molar-refractivity contribution in [2.45, 2.75) is 6.04 Å². The highest BCUT2D eigenvalue weighted by molar-refractivity contribution is 6.03. The molecular formula is C13H17NO4. The van der Waals surface area contributed by atoms with Crippen molar-refractivity contribution in [3.8, 4) is 11.5 Å². The Morgan fingerprint density at radius 1 is 1.39 bits per heavy atom. The van der Waals surface area contributed by atoms with Crippen molar-refractivity contribution in [2.24, 2.45) is 0 Å². The molecule has 1 N–H and O–H groups in total. The Bertz CT molecular complexity index is 427. The number of carbonyl (C=O) groups is 1. The quantitative estimate of drug-likeness (QED) is 0.805. The van der Waals surface area contributed by atoms with Crippen LogP contribution in [0.3, 0.4) is 0 Å². The number of ketones is 1. The lowest BCUT2D eigenvalue weighted by atomic mass is 10.0. The molecule has 0 amide bonds. The lowest BCUT2D eigenvalue weighted by Gasteiger charge is -2.23. The van der Waals surface area contributed by atoms with Crippen LogP contribution in [0.4, 0.5) is 0 Å². The topological polar surface area (TPSA) is 56.8 Å². The average Bonchev–Trinajstić information content (AvgIpc) is 2.46. The molecule has 5 nitrogen and oxygen atoms in total. The van der Waals surface area contributed by atoms with Gasteiger partial charge in [-0.25, -0.2) is 0 Å². The largest absolute Gasteiger partial charge is 0.497 e. The Balaban J connectivity index is 2.26. The van der Waals surface area contributed by atoms with Crippen molar-refractivity contribution >= 4 is 5.78 Å². The second-order valence-electron chi connectivity index (χ2n) is 4.01. The van der Waals surface area contributed by atoms with Gasteiger partial charge < -0.3 is 19.5 Å². The molecule has 1 fully saturated rings. The third-order valence-corrected chi connectivity index (χ3v) is 2.91. The molecule has 1 aliphatic rings. The van der Waals surface area contributed by atoms with Crippen molar-refractivity contribution in [1.29, 1.82) is 0 Å². The fraction of sp³-hybridized carbons (Fsp3) is 0.462. The first-order valence-electron chi connectivity index (χ1n) is 5.83. The standard InChI is InChI=1S/C13H17NO4/c1-16-9-3-4-12(17-2)10(7-9)13(15)11-8-18-6-5-14-11/h3-4,7,11,14H,5-6,8H2,1-2H3. The van der Waals surface area contributed by atoms with Gasteiger partial charge in [0.1, 0.15) is 11.5 Å². The Kier molecular flexibility index (Phi) is 4.17. The van der Waals surface area contributed by atoms with Gasteiger partial charge in [-0.05, 0) is 18.2 Å². The van der Waals surface area contributed by atoms with Gasteiger partial charge in [-0.1, -0.05) is 0 Å². The lowest BCUT2D eigenvalue weighted by Crippen LogP contribution is -2.46. The van der Waals surface area contributed by atoms with Gasteiger partial charge in [-0.3, -0.25) is 4.79 Å². The van der Waals surface area contributed by atoms with E-state index in [1.807, 2.05) is 0 Å². The van der Waals surface area contributed by atoms with E-state index in [4.69, 9.17) is 14.2 Å². The zero-order valence-corrected chi connectivity index (χ0v) is 10.6. The minimum atomic E-state index is -0.320. The van der Waals surface area contributed by atoms with Crippen molar-refractivity contribution in [1.82, 2.24) is 5.32 Å². The zero-order valence-electron chi connectivity index (χ0n) is 10.6. The van der Waals surface area contributed by atoms with Crippen LogP contribution < -0.4 is 14.8 Å². The predicted molar refractivity (Wildman–Crippen MR) is 66.5 cm³/mol. The van der Waals surface area contributed by atoms with E-state index < -0.39 is 0 Å². The van der Waals surface area contributed by atoms with Gasteiger partial charge in [-0.2, -0.15) is 0 Å². The molecule has 0 spiro atoms. The van der Waals surface area contributed by atoms with Crippen LogP contribution in [0, 0.1) is 0 Å². The predicted octanol–water partition coefficient (Wildman–Crippen LogP) is 0.875. The summed E-state index contributed by atoms with van der Waals surface area (Å²) in [6.45, 7) is 1.71. The maximum Gasteiger partial charge on any atom is 0.185 e. The Morgan fingerprint density at radius 3 is 2.83 bits per heavy atom. The average molecular weight is 251 g/mol. The number of nitrogens with one attached hydrogen (secondary N) is 1. The van der Waals surface area contributed by atoms with E-state index in [0.717, 1.165) is 0 Å². The Morgan fingerprint density at radius 2 is 2.22 bits per heavy atom. The molecule has 5 heteroatoms. The van der Waals surface area contributed by atoms with Crippen molar-refractivity contribution in [2.75, 3.05) is 34.0 Å². The number of carbonyl (C=O) groups excluding carboxylic acids is 1. The van der Waals surface area contributed by atoms with Crippen LogP contribution >= 0.6 is 0 Å². The summed E-state index contributed by atoms with van der Waals surface area (Å²) in [6, 6.07) is 4.87. The number of hydrogen-bond acceptors (Lipinski definition) is 5. The lowest BCUT2D eigenvalue weighted by molar-refractivity contribution is 0.0605. The smallest absolute Gasteiger partial charge is 0.185 e. The number of benzene rings is 1. The molecular weight excluding hydrogens is 234 g/mol. The molecule has 1 saturated heterocycles. The molecule has 98 valence electrons. The molecule has 1 aliphatic heterocycles. The third kappa shape index (κ3) is 2.63. The summed E-state index contributed by atoms with van der Waals surface area (Å²) in [4.78, 5) is 12.4. The van der Waals surface area contributed by atoms with Gasteiger partial charge in [0.2, 0.25) is 0 Å². The molecule has 0 aliphatic carbocycles. The summed E-state index contributed by atoms with van der Waals surface area (Å²) in [7, 11) is 3.11. The highest BCUT2D eigenvalue weighted by atomic mass is 16.5. The second-order valence-corrected chi connectivity index (χ2v) is 4.01. The SMILES string of the molecule is COc1ccc(OC)c(C(=O)C2COCCN2)c1. The van der Waals surface area contributed by atoms with Gasteiger partial charge in [0, 0.05) is 6.54 Å². The second kappa shape index (κ2) is 5.84. The van der Waals surface area contributed by atoms with E-state index in [2.05, 4.69) is 5.32 Å². The number of methoxy groups -OCH3 is 2. The molecule has 0 bridgehead atoms. The van der Waals surface area contributed by atoms with Gasteiger partial charge in [0.05, 0.1) is 39.0 Å². The van der Waals surface area contributed by atoms with E-state index in [0.29, 0.717) is 36.8 Å². The van der Waals surface area contributed by atoms with Gasteiger partial charge in [-0.15, -0.1) is 0 Å². The molecule has 1 heterocycles. The van der Waals surface area contributed by atoms with E-state index in [9.17, 15) is 4.79 Å². The summed E-state index contributed by atoms with van der Waals surface area (Å²) >= 11 is 0. The van der Waals surface area contributed by atoms with Gasteiger partial charge >= 0.3 is 0 Å². The maximum absolute atomic E-state index is 12.4. The molecule has 1 aromatic carbocycles. The minimum Gasteiger partial charge on any atom is -0.497 e. The first kappa shape index (κ1) is 12.9. The number of rotatable bonds is 4. The van der Waals surface area contributed by atoms with Gasteiger partial charge in [0.25, 0.3) is 0 Å². The summed E-state index contributed by atoms with van der Waals surface area (Å²) in [5.74, 6) is 1.15. The normalized spacial score (nSPS) is 19.3. The molecule has 1 aromatic rings. The minimum absolute atomic E-state index is 0.0366. The molecule has 0 aromatic heterocycles. The number of morpholine rings is 1. The van der Waals surface area contributed by atoms with Crippen molar-refractivity contribution in [3.63, 3.8) is 0 Å². The number of hydrogen-bond donors (Lipinski definition) is 1. The maximum atomic E-state index is 12.4. The van der Waals surface area contributed by atoms with Crippen LogP contribution in [0.5, 0.6) is 11.5 Å². The summed E-state index contributed by atoms with van der Waals surface area (Å²) in [5, 5.41) is 3.14. The monoisotopic (exact) mass is 251 g/mol. The molecule has 1 unspecified atom stereocenters. The van der Waals surface area contributed by atoms with Crippen molar-refractivity contribution < 1.29 is 19.0 Å². The highest BCUT2D eigenvalue weighted by Crippen LogP contribution is 2.25. The molecule has 2 rings (SSSR count). The van der Waals surface area contributed by atoms with Crippen LogP contribution in [0.25, 0.3) is 0 Å². The molecule has 18 heavy (non-hydrogen) atoms. The first-order chi connectivity index (χ1) is 8.76. The fourth-order valence-corrected chi connectivity index (χ4v) is 1.93. The van der Waals surface area contributed by atoms with E-state index in [-0.39, 0.29) is 11.8 Å². The van der Waals surface area contributed by atoms with Crippen molar-refractivity contribution in [3.05, 3.63) is 23.8 Å². The van der Waals surface area contributed by atoms with E-state index in [1.54, 1.807) is 32.4 Å². The van der Waals surface area contributed by atoms with Crippen LogP contribution in [-0.4, -0.2) is 45.8 Å². The number of ether oxygens (including phenoxy) is 3. The zero-order chi connectivity index (χ0) is 13.0. The summed E-state index contributed by atoms with van der Waals surface area (Å²) in [5.41, 5.74) is 0.514. The van der Waals surface area contributed by atoms with Gasteiger partial charge in [0.15, 0.2) is 5.78 Å². The molecule has 0 saturated carbocycles. The van der Waals surface area contributed by atoms with Crippen LogP contribution in [0.1, 0.15) is 10.4 Å². The van der Waals surface area contributed by atoms with E-state index in [1.165, 1.54) is 0 Å². The summed E-state index contributed by atoms with van der Waals surface area (Å²) in [6.07, 6.45) is 0. The Labute approximate surface area is 106 Å². The summed E-state index contributed by atoms with van der Waals surface area (Å²) < 4.78 is 15.6. The van der Waals surface area contributed by atoms with E-state index >= 15 is 0 Å². The van der Waals surface area contributed by atoms with Crippen LogP contribution in [0.2, 0.25) is 0 Å². The molecule has 0 radical (unpaired) electrons. The number of Topliss-reactive ketones (excluding diaryl/α,β-unsaturated/α-hetero) is 1. The fourth-order valence-electron chi connectivity index (χ4n) is 1.93. The molecule has 1 atom stereocenters. The third-order valence-electron chi connectivity index (χ3n) is 2.91. The highest BCUT2D eigenvalue weighted by Gasteiger charge is 2.25. The first-order valence-corrected chi connectivity index (χ1v) is 5.83. The Hall–Kier alpha value is -1.59.